The lowest BCUT2D eigenvalue weighted by molar-refractivity contribution is -0.119. The molecule has 0 aromatic carbocycles. The molecule has 1 atom stereocenters. The molecule has 24 heavy (non-hydrogen) atoms. The topological polar surface area (TPSA) is 108 Å². The predicted molar refractivity (Wildman–Crippen MR) is 91.1 cm³/mol. The maximum atomic E-state index is 12.7. The number of nitrogens with two attached hydrogens (primary N) is 1. The van der Waals surface area contributed by atoms with Gasteiger partial charge in [0, 0.05) is 12.7 Å². The molecule has 0 spiro atoms. The Kier molecular flexibility index (Phi) is 5.28. The van der Waals surface area contributed by atoms with Crippen LogP contribution in [0.4, 0.5) is 5.69 Å². The van der Waals surface area contributed by atoms with Crippen molar-refractivity contribution in [1.82, 2.24) is 19.6 Å². The summed E-state index contributed by atoms with van der Waals surface area (Å²) in [7, 11) is 0. The molecule has 130 valence electrons. The maximum absolute atomic E-state index is 12.7. The standard InChI is InChI=1S/C15H21ClN6O2/c1-5-11(22-9(4)12(16)8(3)19-22)15(24)18-10-7-21(6-2)20-13(10)14(17)23/h7,11H,5-6H2,1-4H3,(H2,17,23)(H,18,24). The van der Waals surface area contributed by atoms with Crippen molar-refractivity contribution in [2.75, 3.05) is 5.32 Å². The SMILES string of the molecule is CCC(C(=O)Nc1cn(CC)nc1C(N)=O)n1nc(C)c(Cl)c1C. The molecule has 0 aliphatic carbocycles. The van der Waals surface area contributed by atoms with Gasteiger partial charge in [0.15, 0.2) is 5.69 Å². The fourth-order valence-electron chi connectivity index (χ4n) is 2.49. The smallest absolute Gasteiger partial charge is 0.271 e. The highest BCUT2D eigenvalue weighted by molar-refractivity contribution is 6.31. The highest BCUT2D eigenvalue weighted by Gasteiger charge is 2.25. The number of nitrogens with zero attached hydrogens (tertiary/aromatic N) is 4. The van der Waals surface area contributed by atoms with E-state index in [1.807, 2.05) is 20.8 Å². The largest absolute Gasteiger partial charge is 0.364 e. The molecular formula is C15H21ClN6O2. The molecule has 0 aliphatic heterocycles. The van der Waals surface area contributed by atoms with Crippen molar-refractivity contribution in [3.8, 4) is 0 Å². The molecule has 2 amide bonds. The van der Waals surface area contributed by atoms with E-state index in [0.29, 0.717) is 29.4 Å². The van der Waals surface area contributed by atoms with Crippen LogP contribution >= 0.6 is 11.6 Å². The molecular weight excluding hydrogens is 332 g/mol. The van der Waals surface area contributed by atoms with Crippen LogP contribution in [0.5, 0.6) is 0 Å². The number of halogens is 1. The minimum absolute atomic E-state index is 0.0338. The van der Waals surface area contributed by atoms with Gasteiger partial charge in [-0.15, -0.1) is 0 Å². The monoisotopic (exact) mass is 352 g/mol. The quantitative estimate of drug-likeness (QED) is 0.829. The zero-order chi connectivity index (χ0) is 18.0. The van der Waals surface area contributed by atoms with Crippen molar-refractivity contribution in [1.29, 1.82) is 0 Å². The van der Waals surface area contributed by atoms with Crippen LogP contribution < -0.4 is 11.1 Å². The predicted octanol–water partition coefficient (Wildman–Crippen LogP) is 2.06. The molecule has 0 aliphatic rings. The van der Waals surface area contributed by atoms with Crippen LogP contribution in [0.1, 0.15) is 48.2 Å². The number of aromatic nitrogens is 4. The number of carbonyl (C=O) groups is 2. The van der Waals surface area contributed by atoms with Gasteiger partial charge in [-0.1, -0.05) is 18.5 Å². The molecule has 1 unspecified atom stereocenters. The van der Waals surface area contributed by atoms with Crippen LogP contribution in [0.3, 0.4) is 0 Å². The number of hydrogen-bond acceptors (Lipinski definition) is 4. The Bertz CT molecular complexity index is 779. The second kappa shape index (κ2) is 7.04. The van der Waals surface area contributed by atoms with Gasteiger partial charge in [0.25, 0.3) is 5.91 Å². The van der Waals surface area contributed by atoms with E-state index >= 15 is 0 Å². The normalized spacial score (nSPS) is 12.2. The zero-order valence-electron chi connectivity index (χ0n) is 14.1. The van der Waals surface area contributed by atoms with E-state index < -0.39 is 11.9 Å². The first-order valence-corrected chi connectivity index (χ1v) is 8.07. The van der Waals surface area contributed by atoms with Gasteiger partial charge in [0.05, 0.1) is 22.1 Å². The molecule has 0 radical (unpaired) electrons. The minimum atomic E-state index is -0.695. The van der Waals surface area contributed by atoms with Gasteiger partial charge in [-0.3, -0.25) is 19.0 Å². The summed E-state index contributed by atoms with van der Waals surface area (Å²) in [5, 5.41) is 11.7. The second-order valence-electron chi connectivity index (χ2n) is 5.45. The molecule has 2 rings (SSSR count). The maximum Gasteiger partial charge on any atom is 0.271 e. The highest BCUT2D eigenvalue weighted by Crippen LogP contribution is 2.25. The summed E-state index contributed by atoms with van der Waals surface area (Å²) >= 11 is 6.16. The molecule has 3 N–H and O–H groups in total. The van der Waals surface area contributed by atoms with Crippen LogP contribution in [0, 0.1) is 13.8 Å². The van der Waals surface area contributed by atoms with E-state index in [0.717, 1.165) is 5.69 Å². The highest BCUT2D eigenvalue weighted by atomic mass is 35.5. The Labute approximate surface area is 145 Å². The number of amides is 2. The third kappa shape index (κ3) is 3.28. The Morgan fingerprint density at radius 2 is 2.00 bits per heavy atom. The van der Waals surface area contributed by atoms with Crippen molar-refractivity contribution in [2.24, 2.45) is 5.73 Å². The van der Waals surface area contributed by atoms with Crippen LogP contribution in [-0.4, -0.2) is 31.4 Å². The van der Waals surface area contributed by atoms with Gasteiger partial charge in [0.2, 0.25) is 5.91 Å². The third-order valence-corrected chi connectivity index (χ3v) is 4.35. The van der Waals surface area contributed by atoms with Gasteiger partial charge in [-0.25, -0.2) is 0 Å². The molecule has 9 heteroatoms. The Morgan fingerprint density at radius 3 is 2.46 bits per heavy atom. The first-order chi connectivity index (χ1) is 11.3. The number of anilines is 1. The molecule has 2 heterocycles. The van der Waals surface area contributed by atoms with E-state index in [4.69, 9.17) is 17.3 Å². The third-order valence-electron chi connectivity index (χ3n) is 3.80. The van der Waals surface area contributed by atoms with Gasteiger partial charge < -0.3 is 11.1 Å². The zero-order valence-corrected chi connectivity index (χ0v) is 14.9. The molecule has 0 saturated heterocycles. The summed E-state index contributed by atoms with van der Waals surface area (Å²) < 4.78 is 3.14. The first-order valence-electron chi connectivity index (χ1n) is 7.69. The summed E-state index contributed by atoms with van der Waals surface area (Å²) in [6, 6.07) is -0.554. The average molecular weight is 353 g/mol. The molecule has 0 bridgehead atoms. The summed E-state index contributed by atoms with van der Waals surface area (Å²) in [6.45, 7) is 7.89. The summed E-state index contributed by atoms with van der Waals surface area (Å²) in [6.07, 6.45) is 2.09. The van der Waals surface area contributed by atoms with Crippen molar-refractivity contribution in [2.45, 2.75) is 46.7 Å². The lowest BCUT2D eigenvalue weighted by atomic mass is 10.2. The number of primary amides is 1. The lowest BCUT2D eigenvalue weighted by Crippen LogP contribution is -2.28. The fourth-order valence-corrected chi connectivity index (χ4v) is 2.61. The van der Waals surface area contributed by atoms with Crippen molar-refractivity contribution >= 4 is 29.1 Å². The van der Waals surface area contributed by atoms with Crippen molar-refractivity contribution in [3.05, 3.63) is 28.3 Å². The van der Waals surface area contributed by atoms with Crippen molar-refractivity contribution < 1.29 is 9.59 Å². The molecule has 2 aromatic rings. The van der Waals surface area contributed by atoms with E-state index in [-0.39, 0.29) is 11.6 Å². The van der Waals surface area contributed by atoms with E-state index in [1.165, 1.54) is 4.68 Å². The van der Waals surface area contributed by atoms with Crippen molar-refractivity contribution in [3.63, 3.8) is 0 Å². The molecule has 0 saturated carbocycles. The number of hydrogen-bond donors (Lipinski definition) is 2. The average Bonchev–Trinajstić information content (AvgIpc) is 3.05. The van der Waals surface area contributed by atoms with Gasteiger partial charge in [-0.05, 0) is 27.2 Å². The minimum Gasteiger partial charge on any atom is -0.364 e. The Morgan fingerprint density at radius 1 is 1.33 bits per heavy atom. The van der Waals surface area contributed by atoms with Gasteiger partial charge in [-0.2, -0.15) is 10.2 Å². The number of nitrogens with one attached hydrogen (secondary N) is 1. The number of rotatable bonds is 6. The van der Waals surface area contributed by atoms with Gasteiger partial charge in [0.1, 0.15) is 6.04 Å². The first kappa shape index (κ1) is 18.0. The second-order valence-corrected chi connectivity index (χ2v) is 5.83. The summed E-state index contributed by atoms with van der Waals surface area (Å²) in [5.74, 6) is -1.00. The van der Waals surface area contributed by atoms with Crippen LogP contribution in [-0.2, 0) is 11.3 Å². The summed E-state index contributed by atoms with van der Waals surface area (Å²) in [5.41, 5.74) is 7.03. The Hall–Kier alpha value is -2.35. The fraction of sp³-hybridized carbons (Fsp3) is 0.467. The van der Waals surface area contributed by atoms with Crippen LogP contribution in [0.15, 0.2) is 6.20 Å². The summed E-state index contributed by atoms with van der Waals surface area (Å²) in [4.78, 5) is 24.2. The van der Waals surface area contributed by atoms with E-state index in [9.17, 15) is 9.59 Å². The van der Waals surface area contributed by atoms with Gasteiger partial charge >= 0.3 is 0 Å². The number of aryl methyl sites for hydroxylation is 2. The Balaban J connectivity index is 2.32. The van der Waals surface area contributed by atoms with E-state index in [1.54, 1.807) is 17.8 Å². The molecule has 2 aromatic heterocycles. The number of carbonyl (C=O) groups excluding carboxylic acids is 2. The molecule has 8 nitrogen and oxygen atoms in total. The van der Waals surface area contributed by atoms with Crippen LogP contribution in [0.25, 0.3) is 0 Å². The lowest BCUT2D eigenvalue weighted by Gasteiger charge is -2.17. The molecule has 0 fully saturated rings. The van der Waals surface area contributed by atoms with Crippen LogP contribution in [0.2, 0.25) is 5.02 Å². The van der Waals surface area contributed by atoms with E-state index in [2.05, 4.69) is 15.5 Å².